The number of pyridine rings is 1. The van der Waals surface area contributed by atoms with E-state index in [0.29, 0.717) is 42.3 Å². The van der Waals surface area contributed by atoms with Crippen LogP contribution in [0.1, 0.15) is 16.8 Å². The predicted molar refractivity (Wildman–Crippen MR) is 155 cm³/mol. The summed E-state index contributed by atoms with van der Waals surface area (Å²) < 4.78 is 31.9. The third-order valence-electron chi connectivity index (χ3n) is 6.88. The van der Waals surface area contributed by atoms with E-state index in [2.05, 4.69) is 15.2 Å². The number of carbonyl (C=O) groups is 1. The Bertz CT molecular complexity index is 1410. The quantitative estimate of drug-likeness (QED) is 0.264. The van der Waals surface area contributed by atoms with Crippen LogP contribution in [0.3, 0.4) is 0 Å². The minimum atomic E-state index is -0.380. The number of nitrogens with one attached hydrogen (secondary N) is 1. The van der Waals surface area contributed by atoms with Gasteiger partial charge in [0.2, 0.25) is 5.91 Å². The van der Waals surface area contributed by atoms with Crippen molar-refractivity contribution in [2.24, 2.45) is 0 Å². The average molecular weight is 556 g/mol. The molecular weight excluding hydrogens is 521 g/mol. The zero-order valence-corrected chi connectivity index (χ0v) is 22.9. The monoisotopic (exact) mass is 555 g/mol. The molecule has 0 aliphatic carbocycles. The second-order valence-corrected chi connectivity index (χ2v) is 9.82. The van der Waals surface area contributed by atoms with E-state index in [4.69, 9.17) is 14.2 Å². The molecule has 0 bridgehead atoms. The Morgan fingerprint density at radius 2 is 1.76 bits per heavy atom. The van der Waals surface area contributed by atoms with Gasteiger partial charge in [0.25, 0.3) is 0 Å². The summed E-state index contributed by atoms with van der Waals surface area (Å²) in [5, 5.41) is 2.94. The number of carbonyl (C=O) groups excluding carboxylic acids is 1. The van der Waals surface area contributed by atoms with E-state index in [9.17, 15) is 9.18 Å². The van der Waals surface area contributed by atoms with Gasteiger partial charge < -0.3 is 19.5 Å². The van der Waals surface area contributed by atoms with Crippen molar-refractivity contribution in [3.63, 3.8) is 0 Å². The Morgan fingerprint density at radius 3 is 2.54 bits per heavy atom. The van der Waals surface area contributed by atoms with Crippen molar-refractivity contribution in [2.45, 2.75) is 19.6 Å². The van der Waals surface area contributed by atoms with Crippen molar-refractivity contribution in [1.29, 1.82) is 0 Å². The van der Waals surface area contributed by atoms with Gasteiger partial charge in [-0.2, -0.15) is 0 Å². The number of halogens is 1. The highest BCUT2D eigenvalue weighted by atomic mass is 19.1. The lowest BCUT2D eigenvalue weighted by Gasteiger charge is -2.26. The summed E-state index contributed by atoms with van der Waals surface area (Å²) >= 11 is 0. The van der Waals surface area contributed by atoms with Gasteiger partial charge in [-0.25, -0.2) is 4.39 Å². The van der Waals surface area contributed by atoms with Crippen molar-refractivity contribution in [1.82, 2.24) is 15.2 Å². The molecular formula is C33H34FN3O4. The first kappa shape index (κ1) is 28.3. The molecule has 1 fully saturated rings. The largest absolute Gasteiger partial charge is 0.492 e. The van der Waals surface area contributed by atoms with Gasteiger partial charge in [-0.1, -0.05) is 54.6 Å². The first-order valence-electron chi connectivity index (χ1n) is 13.8. The molecule has 0 atom stereocenters. The molecule has 2 heterocycles. The third-order valence-corrected chi connectivity index (χ3v) is 6.88. The molecule has 0 saturated carbocycles. The molecule has 4 aromatic rings. The molecule has 5 rings (SSSR count). The van der Waals surface area contributed by atoms with Gasteiger partial charge >= 0.3 is 0 Å². The highest BCUT2D eigenvalue weighted by Crippen LogP contribution is 2.26. The van der Waals surface area contributed by atoms with Gasteiger partial charge in [0, 0.05) is 60.8 Å². The van der Waals surface area contributed by atoms with E-state index >= 15 is 0 Å². The molecule has 0 unspecified atom stereocenters. The topological polar surface area (TPSA) is 72.9 Å². The van der Waals surface area contributed by atoms with E-state index < -0.39 is 0 Å². The fourth-order valence-electron chi connectivity index (χ4n) is 4.57. The summed E-state index contributed by atoms with van der Waals surface area (Å²) in [6, 6.07) is 26.0. The van der Waals surface area contributed by atoms with E-state index in [1.165, 1.54) is 6.07 Å². The summed E-state index contributed by atoms with van der Waals surface area (Å²) in [6.45, 7) is 5.31. The lowest BCUT2D eigenvalue weighted by atomic mass is 10.1. The Balaban J connectivity index is 1.10. The smallest absolute Gasteiger partial charge is 0.226 e. The number of benzene rings is 3. The van der Waals surface area contributed by atoms with Gasteiger partial charge in [-0.3, -0.25) is 14.7 Å². The second-order valence-electron chi connectivity index (χ2n) is 9.82. The molecule has 3 aromatic carbocycles. The van der Waals surface area contributed by atoms with Crippen LogP contribution in [0.5, 0.6) is 11.5 Å². The maximum absolute atomic E-state index is 14.9. The summed E-state index contributed by atoms with van der Waals surface area (Å²) in [6.07, 6.45) is 1.71. The molecule has 1 saturated heterocycles. The normalized spacial score (nSPS) is 13.5. The molecule has 0 spiro atoms. The number of para-hydroxylation sites is 1. The van der Waals surface area contributed by atoms with Crippen LogP contribution < -0.4 is 14.8 Å². The molecule has 212 valence electrons. The summed E-state index contributed by atoms with van der Waals surface area (Å²) in [7, 11) is 0. The van der Waals surface area contributed by atoms with E-state index in [1.54, 1.807) is 30.5 Å². The van der Waals surface area contributed by atoms with Crippen molar-refractivity contribution in [3.8, 4) is 22.6 Å². The van der Waals surface area contributed by atoms with Crippen LogP contribution in [0.25, 0.3) is 11.1 Å². The summed E-state index contributed by atoms with van der Waals surface area (Å²) in [5.74, 6) is 0.685. The summed E-state index contributed by atoms with van der Waals surface area (Å²) in [4.78, 5) is 19.3. The molecule has 0 radical (unpaired) electrons. The van der Waals surface area contributed by atoms with E-state index in [1.807, 2.05) is 54.6 Å². The second kappa shape index (κ2) is 14.4. The van der Waals surface area contributed by atoms with Gasteiger partial charge in [-0.05, 0) is 29.8 Å². The fourth-order valence-corrected chi connectivity index (χ4v) is 4.57. The van der Waals surface area contributed by atoms with Crippen molar-refractivity contribution >= 4 is 5.91 Å². The zero-order chi connectivity index (χ0) is 28.3. The Labute approximate surface area is 239 Å². The van der Waals surface area contributed by atoms with Gasteiger partial charge in [-0.15, -0.1) is 0 Å². The predicted octanol–water partition coefficient (Wildman–Crippen LogP) is 5.04. The maximum atomic E-state index is 14.9. The SMILES string of the molecule is O=C(Cc1ccc(-c2ccc(OCCN3CCOCC3)cc2F)cn1)NCc1ccccc1OCc1ccccc1. The molecule has 41 heavy (non-hydrogen) atoms. The lowest BCUT2D eigenvalue weighted by Crippen LogP contribution is -2.38. The standard InChI is InChI=1S/C33H34FN3O4/c34-31-21-29(40-19-16-37-14-17-39-18-15-37)12-13-30(31)26-10-11-28(35-22-26)20-33(38)36-23-27-8-4-5-9-32(27)41-24-25-6-2-1-3-7-25/h1-13,21-22H,14-20,23-24H2,(H,36,38). The highest BCUT2D eigenvalue weighted by Gasteiger charge is 2.12. The summed E-state index contributed by atoms with van der Waals surface area (Å²) in [5.41, 5.74) is 3.63. The minimum absolute atomic E-state index is 0.117. The fraction of sp³-hybridized carbons (Fsp3) is 0.273. The highest BCUT2D eigenvalue weighted by molar-refractivity contribution is 5.78. The number of morpholine rings is 1. The molecule has 1 aliphatic rings. The van der Waals surface area contributed by atoms with Crippen LogP contribution in [0.4, 0.5) is 4.39 Å². The van der Waals surface area contributed by atoms with Crippen LogP contribution >= 0.6 is 0 Å². The van der Waals surface area contributed by atoms with Gasteiger partial charge in [0.1, 0.15) is 30.5 Å². The molecule has 1 amide bonds. The van der Waals surface area contributed by atoms with Crippen LogP contribution in [-0.2, 0) is 29.1 Å². The number of rotatable bonds is 12. The van der Waals surface area contributed by atoms with Crippen LogP contribution in [0.2, 0.25) is 0 Å². The Morgan fingerprint density at radius 1 is 0.951 bits per heavy atom. The van der Waals surface area contributed by atoms with Crippen molar-refractivity contribution in [3.05, 3.63) is 114 Å². The lowest BCUT2D eigenvalue weighted by molar-refractivity contribution is -0.120. The molecule has 1 aromatic heterocycles. The number of amides is 1. The first-order chi connectivity index (χ1) is 20.1. The number of hydrogen-bond donors (Lipinski definition) is 1. The third kappa shape index (κ3) is 8.36. The van der Waals surface area contributed by atoms with E-state index in [-0.39, 0.29) is 18.1 Å². The minimum Gasteiger partial charge on any atom is -0.492 e. The Hall–Kier alpha value is -4.27. The number of ether oxygens (including phenoxy) is 3. The number of hydrogen-bond acceptors (Lipinski definition) is 6. The number of nitrogens with zero attached hydrogens (tertiary/aromatic N) is 2. The number of aromatic nitrogens is 1. The van der Waals surface area contributed by atoms with Crippen molar-refractivity contribution < 1.29 is 23.4 Å². The molecule has 1 N–H and O–H groups in total. The van der Waals surface area contributed by atoms with E-state index in [0.717, 1.165) is 49.7 Å². The molecule has 8 heteroatoms. The Kier molecular flexibility index (Phi) is 9.92. The first-order valence-corrected chi connectivity index (χ1v) is 13.8. The van der Waals surface area contributed by atoms with Crippen LogP contribution in [0, 0.1) is 5.82 Å². The van der Waals surface area contributed by atoms with Crippen molar-refractivity contribution in [2.75, 3.05) is 39.5 Å². The van der Waals surface area contributed by atoms with Gasteiger partial charge in [0.15, 0.2) is 0 Å². The molecule has 1 aliphatic heterocycles. The van der Waals surface area contributed by atoms with Crippen LogP contribution in [0.15, 0.2) is 91.1 Å². The maximum Gasteiger partial charge on any atom is 0.226 e. The average Bonchev–Trinajstić information content (AvgIpc) is 3.01. The van der Waals surface area contributed by atoms with Gasteiger partial charge in [0.05, 0.1) is 19.6 Å². The molecule has 7 nitrogen and oxygen atoms in total. The zero-order valence-electron chi connectivity index (χ0n) is 22.9. The van der Waals surface area contributed by atoms with Crippen LogP contribution in [-0.4, -0.2) is 55.2 Å².